The number of unbranched alkanes of at least 4 members (excludes halogenated alkanes) is 5. The van der Waals surface area contributed by atoms with Gasteiger partial charge in [-0.05, 0) is 72.1 Å². The Morgan fingerprint density at radius 3 is 1.82 bits per heavy atom. The molecular weight excluding hydrogens is 698 g/mol. The first-order valence-corrected chi connectivity index (χ1v) is 18.6. The minimum Gasteiger partial charge on any atom is -0.507 e. The molecule has 1 aromatic heterocycles. The summed E-state index contributed by atoms with van der Waals surface area (Å²) in [5.74, 6) is -0.374. The lowest BCUT2D eigenvalue weighted by Crippen LogP contribution is -2.26. The molecule has 5 aromatic carbocycles. The molecule has 1 heterocycles. The number of rotatable bonds is 16. The van der Waals surface area contributed by atoms with Crippen molar-refractivity contribution in [2.75, 3.05) is 13.7 Å². The van der Waals surface area contributed by atoms with Crippen LogP contribution in [0.2, 0.25) is 0 Å². The second kappa shape index (κ2) is 17.7. The normalized spacial score (nSPS) is 12.3. The molecule has 0 aliphatic rings. The maximum atomic E-state index is 12.6. The summed E-state index contributed by atoms with van der Waals surface area (Å²) in [6.07, 6.45) is 4.70. The zero-order valence-corrected chi connectivity index (χ0v) is 31.5. The summed E-state index contributed by atoms with van der Waals surface area (Å²) in [6.45, 7) is 5.65. The van der Waals surface area contributed by atoms with Gasteiger partial charge in [-0.2, -0.15) is 0 Å². The molecule has 0 saturated heterocycles. The van der Waals surface area contributed by atoms with Crippen LogP contribution in [0.3, 0.4) is 0 Å². The largest absolute Gasteiger partial charge is 0.507 e. The van der Waals surface area contributed by atoms with E-state index in [0.29, 0.717) is 18.0 Å². The van der Waals surface area contributed by atoms with Gasteiger partial charge in [-0.25, -0.2) is 24.5 Å². The third kappa shape index (κ3) is 9.29. The van der Waals surface area contributed by atoms with E-state index in [1.54, 1.807) is 38.1 Å². The van der Waals surface area contributed by atoms with Crippen LogP contribution in [0.25, 0.3) is 55.7 Å². The molecule has 0 amide bonds. The van der Waals surface area contributed by atoms with E-state index in [1.165, 1.54) is 38.5 Å². The van der Waals surface area contributed by atoms with Gasteiger partial charge in [0.2, 0.25) is 0 Å². The molecule has 0 spiro atoms. The van der Waals surface area contributed by atoms with Crippen molar-refractivity contribution in [2.24, 2.45) is 0 Å². The maximum Gasteiger partial charge on any atom is 0.347 e. The van der Waals surface area contributed by atoms with Crippen molar-refractivity contribution in [1.82, 2.24) is 15.0 Å². The first-order valence-electron chi connectivity index (χ1n) is 18.6. The summed E-state index contributed by atoms with van der Waals surface area (Å²) in [4.78, 5) is 38.7. The number of phenolic OH excluding ortho intramolecular Hbond substituents is 2. The van der Waals surface area contributed by atoms with Crippen molar-refractivity contribution < 1.29 is 38.7 Å². The molecule has 284 valence electrons. The fourth-order valence-electron chi connectivity index (χ4n) is 6.29. The number of benzene rings is 5. The van der Waals surface area contributed by atoms with Crippen molar-refractivity contribution in [3.05, 3.63) is 91.0 Å². The van der Waals surface area contributed by atoms with Gasteiger partial charge in [0.05, 0.1) is 24.8 Å². The molecule has 11 heteroatoms. The highest BCUT2D eigenvalue weighted by Gasteiger charge is 2.21. The van der Waals surface area contributed by atoms with E-state index in [4.69, 9.17) is 28.9 Å². The smallest absolute Gasteiger partial charge is 0.347 e. The van der Waals surface area contributed by atoms with Gasteiger partial charge in [-0.15, -0.1) is 0 Å². The van der Waals surface area contributed by atoms with Crippen LogP contribution >= 0.6 is 0 Å². The van der Waals surface area contributed by atoms with Crippen LogP contribution in [-0.4, -0.2) is 63.0 Å². The molecule has 0 radical (unpaired) electrons. The van der Waals surface area contributed by atoms with Crippen LogP contribution in [0.5, 0.6) is 23.0 Å². The van der Waals surface area contributed by atoms with Crippen molar-refractivity contribution >= 4 is 33.5 Å². The molecule has 0 bridgehead atoms. The fraction of sp³-hybridized carbons (Fsp3) is 0.295. The molecule has 0 fully saturated rings. The molecule has 11 nitrogen and oxygen atoms in total. The number of nitrogens with zero attached hydrogens (tertiary/aromatic N) is 3. The Morgan fingerprint density at radius 2 is 1.18 bits per heavy atom. The van der Waals surface area contributed by atoms with E-state index in [1.807, 2.05) is 36.4 Å². The lowest BCUT2D eigenvalue weighted by molar-refractivity contribution is -0.151. The second-order valence-corrected chi connectivity index (χ2v) is 13.4. The second-order valence-electron chi connectivity index (χ2n) is 13.4. The summed E-state index contributed by atoms with van der Waals surface area (Å²) < 4.78 is 21.6. The summed E-state index contributed by atoms with van der Waals surface area (Å²) in [6, 6.07) is 27.3. The quantitative estimate of drug-likeness (QED) is 0.0555. The van der Waals surface area contributed by atoms with Crippen LogP contribution in [0.15, 0.2) is 91.0 Å². The van der Waals surface area contributed by atoms with E-state index in [-0.39, 0.29) is 45.8 Å². The highest BCUT2D eigenvalue weighted by Crippen LogP contribution is 2.37. The number of ether oxygens (including phenoxy) is 4. The summed E-state index contributed by atoms with van der Waals surface area (Å²) in [5, 5.41) is 26.7. The van der Waals surface area contributed by atoms with E-state index < -0.39 is 24.1 Å². The lowest BCUT2D eigenvalue weighted by atomic mass is 10.00. The Labute approximate surface area is 319 Å². The predicted octanol–water partition coefficient (Wildman–Crippen LogP) is 9.20. The molecule has 0 aliphatic heterocycles. The van der Waals surface area contributed by atoms with Crippen LogP contribution in [0.1, 0.15) is 59.3 Å². The number of carbonyl (C=O) groups excluding carboxylic acids is 2. The number of phenols is 2. The van der Waals surface area contributed by atoms with Crippen molar-refractivity contribution in [3.8, 4) is 57.2 Å². The number of hydrogen-bond donors (Lipinski definition) is 2. The standard InChI is InChI=1S/C44H45N3O8/c1-5-6-7-8-9-12-23-53-44(51)28(3)55-33-19-22-37(39(49)26-33)42-46-40(31-17-20-35-30(24-31)16-15-29-13-10-11-14-34(29)35)45-41(47-42)36-21-18-32(25-38(36)48)54-27(2)43(50)52-4/h10-11,13-22,24-28,48-49H,5-9,12,23H2,1-4H3. The Balaban J connectivity index is 1.30. The van der Waals surface area contributed by atoms with Gasteiger partial charge in [0.15, 0.2) is 29.7 Å². The zero-order chi connectivity index (χ0) is 38.9. The fourth-order valence-corrected chi connectivity index (χ4v) is 6.29. The summed E-state index contributed by atoms with van der Waals surface area (Å²) in [7, 11) is 1.27. The van der Waals surface area contributed by atoms with Crippen molar-refractivity contribution in [2.45, 2.75) is 71.5 Å². The number of methoxy groups -OCH3 is 1. The molecule has 0 aliphatic carbocycles. The number of fused-ring (bicyclic) bond motifs is 3. The van der Waals surface area contributed by atoms with Crippen LogP contribution in [0, 0.1) is 0 Å². The minimum absolute atomic E-state index is 0.130. The van der Waals surface area contributed by atoms with E-state index in [9.17, 15) is 19.8 Å². The number of aromatic nitrogens is 3. The monoisotopic (exact) mass is 743 g/mol. The predicted molar refractivity (Wildman–Crippen MR) is 211 cm³/mol. The highest BCUT2D eigenvalue weighted by molar-refractivity contribution is 6.08. The van der Waals surface area contributed by atoms with Crippen LogP contribution in [0.4, 0.5) is 0 Å². The molecule has 2 N–H and O–H groups in total. The van der Waals surface area contributed by atoms with E-state index in [0.717, 1.165) is 40.8 Å². The lowest BCUT2D eigenvalue weighted by Gasteiger charge is -2.15. The highest BCUT2D eigenvalue weighted by atomic mass is 16.6. The van der Waals surface area contributed by atoms with Gasteiger partial charge >= 0.3 is 11.9 Å². The van der Waals surface area contributed by atoms with Gasteiger partial charge in [0.1, 0.15) is 23.0 Å². The summed E-state index contributed by atoms with van der Waals surface area (Å²) >= 11 is 0. The molecule has 6 rings (SSSR count). The third-order valence-corrected chi connectivity index (χ3v) is 9.29. The number of carbonyl (C=O) groups is 2. The van der Waals surface area contributed by atoms with E-state index in [2.05, 4.69) is 30.1 Å². The van der Waals surface area contributed by atoms with Gasteiger partial charge in [-0.1, -0.05) is 87.6 Å². The first kappa shape index (κ1) is 38.5. The number of aromatic hydroxyl groups is 2. The molecule has 0 saturated carbocycles. The molecule has 2 atom stereocenters. The number of hydrogen-bond acceptors (Lipinski definition) is 11. The van der Waals surface area contributed by atoms with Gasteiger partial charge in [0.25, 0.3) is 0 Å². The zero-order valence-electron chi connectivity index (χ0n) is 31.5. The van der Waals surface area contributed by atoms with Gasteiger partial charge in [0, 0.05) is 17.7 Å². The van der Waals surface area contributed by atoms with Crippen molar-refractivity contribution in [1.29, 1.82) is 0 Å². The Morgan fingerprint density at radius 1 is 0.618 bits per heavy atom. The van der Waals surface area contributed by atoms with Crippen LogP contribution < -0.4 is 9.47 Å². The topological polar surface area (TPSA) is 150 Å². The molecule has 6 aromatic rings. The van der Waals surface area contributed by atoms with Gasteiger partial charge < -0.3 is 29.2 Å². The minimum atomic E-state index is -0.899. The first-order chi connectivity index (χ1) is 26.6. The van der Waals surface area contributed by atoms with E-state index >= 15 is 0 Å². The van der Waals surface area contributed by atoms with Gasteiger partial charge in [-0.3, -0.25) is 0 Å². The average molecular weight is 744 g/mol. The third-order valence-electron chi connectivity index (χ3n) is 9.29. The Bertz CT molecular complexity index is 2310. The average Bonchev–Trinajstić information content (AvgIpc) is 3.19. The maximum absolute atomic E-state index is 12.6. The SMILES string of the molecule is CCCCCCCCOC(=O)C(C)Oc1ccc(-c2nc(-c3ccc4c(ccc5ccccc54)c3)nc(-c3ccc(OC(C)C(=O)OC)cc3O)n2)c(O)c1. The Kier molecular flexibility index (Phi) is 12.4. The molecule has 55 heavy (non-hydrogen) atoms. The van der Waals surface area contributed by atoms with Crippen LogP contribution in [-0.2, 0) is 19.1 Å². The summed E-state index contributed by atoms with van der Waals surface area (Å²) in [5.41, 5.74) is 1.22. The molecular formula is C44H45N3O8. The Hall–Kier alpha value is -6.23. The number of esters is 2. The molecule has 2 unspecified atom stereocenters. The van der Waals surface area contributed by atoms with Crippen molar-refractivity contribution in [3.63, 3.8) is 0 Å².